The van der Waals surface area contributed by atoms with Gasteiger partial charge in [0, 0.05) is 32.1 Å². The number of urea groups is 1. The average Bonchev–Trinajstić information content (AvgIpc) is 2.45. The molecule has 116 valence electrons. The molecule has 6 nitrogen and oxygen atoms in total. The molecular formula is C14H28N4O2. The van der Waals surface area contributed by atoms with Crippen molar-refractivity contribution in [1.29, 1.82) is 0 Å². The standard InChI is InChI=1S/C14H28N4O2/c1-15-10-11-16-13(19)8-5-9-17-14(20)18-12-6-3-2-4-7-12/h12,15H,2-11H2,1H3,(H,16,19)(H2,17,18,20). The molecule has 0 spiro atoms. The van der Waals surface area contributed by atoms with Crippen LogP contribution in [-0.2, 0) is 4.79 Å². The Morgan fingerprint density at radius 1 is 1.00 bits per heavy atom. The molecule has 0 unspecified atom stereocenters. The van der Waals surface area contributed by atoms with Gasteiger partial charge in [0.1, 0.15) is 0 Å². The summed E-state index contributed by atoms with van der Waals surface area (Å²) in [5, 5.41) is 11.6. The summed E-state index contributed by atoms with van der Waals surface area (Å²) in [4.78, 5) is 23.0. The molecule has 3 amide bonds. The first-order chi connectivity index (χ1) is 9.72. The van der Waals surface area contributed by atoms with Crippen molar-refractivity contribution in [3.8, 4) is 0 Å². The molecule has 0 aromatic rings. The quantitative estimate of drug-likeness (QED) is 0.496. The van der Waals surface area contributed by atoms with Crippen LogP contribution in [0.5, 0.6) is 0 Å². The maximum absolute atomic E-state index is 11.6. The van der Waals surface area contributed by atoms with Crippen molar-refractivity contribution in [2.45, 2.75) is 51.0 Å². The fourth-order valence-electron chi connectivity index (χ4n) is 2.35. The van der Waals surface area contributed by atoms with Crippen LogP contribution >= 0.6 is 0 Å². The zero-order chi connectivity index (χ0) is 14.6. The summed E-state index contributed by atoms with van der Waals surface area (Å²) in [6, 6.07) is 0.223. The van der Waals surface area contributed by atoms with Gasteiger partial charge in [-0.3, -0.25) is 4.79 Å². The summed E-state index contributed by atoms with van der Waals surface area (Å²) in [6.45, 7) is 1.96. The summed E-state index contributed by atoms with van der Waals surface area (Å²) in [5.41, 5.74) is 0. The molecule has 0 atom stereocenters. The first-order valence-electron chi connectivity index (χ1n) is 7.68. The van der Waals surface area contributed by atoms with Crippen LogP contribution in [0.4, 0.5) is 4.79 Å². The van der Waals surface area contributed by atoms with Crippen molar-refractivity contribution in [2.75, 3.05) is 26.7 Å². The van der Waals surface area contributed by atoms with Crippen LogP contribution in [0.1, 0.15) is 44.9 Å². The molecule has 0 aromatic heterocycles. The van der Waals surface area contributed by atoms with Crippen LogP contribution in [0.15, 0.2) is 0 Å². The second-order valence-corrected chi connectivity index (χ2v) is 5.29. The van der Waals surface area contributed by atoms with Crippen LogP contribution < -0.4 is 21.3 Å². The molecule has 20 heavy (non-hydrogen) atoms. The van der Waals surface area contributed by atoms with E-state index in [1.165, 1.54) is 19.3 Å². The van der Waals surface area contributed by atoms with Gasteiger partial charge in [-0.05, 0) is 26.3 Å². The van der Waals surface area contributed by atoms with Crippen LogP contribution in [0, 0.1) is 0 Å². The molecule has 1 fully saturated rings. The van der Waals surface area contributed by atoms with E-state index in [2.05, 4.69) is 21.3 Å². The van der Waals surface area contributed by atoms with Crippen LogP contribution in [0.3, 0.4) is 0 Å². The predicted molar refractivity (Wildman–Crippen MR) is 79.6 cm³/mol. The monoisotopic (exact) mass is 284 g/mol. The van der Waals surface area contributed by atoms with Crippen molar-refractivity contribution in [3.63, 3.8) is 0 Å². The minimum atomic E-state index is -0.104. The Labute approximate surface area is 121 Å². The Morgan fingerprint density at radius 2 is 1.75 bits per heavy atom. The number of nitrogens with one attached hydrogen (secondary N) is 4. The third-order valence-electron chi connectivity index (χ3n) is 3.50. The molecule has 4 N–H and O–H groups in total. The third-order valence-corrected chi connectivity index (χ3v) is 3.50. The van der Waals surface area contributed by atoms with Gasteiger partial charge in [-0.25, -0.2) is 4.79 Å². The van der Waals surface area contributed by atoms with E-state index in [0.29, 0.717) is 32.0 Å². The third kappa shape index (κ3) is 7.99. The lowest BCUT2D eigenvalue weighted by Crippen LogP contribution is -2.43. The molecular weight excluding hydrogens is 256 g/mol. The van der Waals surface area contributed by atoms with Gasteiger partial charge in [-0.15, -0.1) is 0 Å². The first-order valence-corrected chi connectivity index (χ1v) is 7.68. The minimum Gasteiger partial charge on any atom is -0.355 e. The lowest BCUT2D eigenvalue weighted by molar-refractivity contribution is -0.121. The summed E-state index contributed by atoms with van der Waals surface area (Å²) in [7, 11) is 1.85. The van der Waals surface area contributed by atoms with Gasteiger partial charge in [0.05, 0.1) is 0 Å². The largest absolute Gasteiger partial charge is 0.355 e. The fraction of sp³-hybridized carbons (Fsp3) is 0.857. The summed E-state index contributed by atoms with van der Waals surface area (Å²) in [6.07, 6.45) is 6.98. The molecule has 0 radical (unpaired) electrons. The molecule has 6 heteroatoms. The van der Waals surface area contributed by atoms with Crippen LogP contribution in [0.2, 0.25) is 0 Å². The Balaban J connectivity index is 1.97. The van der Waals surface area contributed by atoms with Crippen molar-refractivity contribution in [1.82, 2.24) is 21.3 Å². The Hall–Kier alpha value is -1.30. The molecule has 0 saturated heterocycles. The van der Waals surface area contributed by atoms with E-state index in [0.717, 1.165) is 19.4 Å². The predicted octanol–water partition coefficient (Wildman–Crippen LogP) is 0.734. The normalized spacial score (nSPS) is 15.7. The van der Waals surface area contributed by atoms with E-state index in [9.17, 15) is 9.59 Å². The van der Waals surface area contributed by atoms with E-state index in [1.807, 2.05) is 7.05 Å². The lowest BCUT2D eigenvalue weighted by Gasteiger charge is -2.22. The molecule has 0 aromatic carbocycles. The summed E-state index contributed by atoms with van der Waals surface area (Å²) < 4.78 is 0. The number of carbonyl (C=O) groups excluding carboxylic acids is 2. The minimum absolute atomic E-state index is 0.0368. The Bertz CT molecular complexity index is 291. The zero-order valence-electron chi connectivity index (χ0n) is 12.5. The van der Waals surface area contributed by atoms with E-state index in [-0.39, 0.29) is 11.9 Å². The second-order valence-electron chi connectivity index (χ2n) is 5.29. The van der Waals surface area contributed by atoms with Gasteiger partial charge in [0.25, 0.3) is 0 Å². The molecule has 0 bridgehead atoms. The van der Waals surface area contributed by atoms with Crippen LogP contribution in [-0.4, -0.2) is 44.7 Å². The maximum atomic E-state index is 11.6. The first kappa shape index (κ1) is 16.8. The van der Waals surface area contributed by atoms with Gasteiger partial charge in [-0.1, -0.05) is 19.3 Å². The van der Waals surface area contributed by atoms with E-state index < -0.39 is 0 Å². The van der Waals surface area contributed by atoms with Crippen molar-refractivity contribution < 1.29 is 9.59 Å². The molecule has 1 aliphatic rings. The topological polar surface area (TPSA) is 82.3 Å². The number of amides is 3. The molecule has 0 aliphatic heterocycles. The number of hydrogen-bond donors (Lipinski definition) is 4. The second kappa shape index (κ2) is 10.5. The van der Waals surface area contributed by atoms with Gasteiger partial charge >= 0.3 is 6.03 Å². The summed E-state index contributed by atoms with van der Waals surface area (Å²) in [5.74, 6) is 0.0368. The van der Waals surface area contributed by atoms with Crippen molar-refractivity contribution in [2.24, 2.45) is 0 Å². The molecule has 1 saturated carbocycles. The van der Waals surface area contributed by atoms with Gasteiger partial charge in [0.2, 0.25) is 5.91 Å². The molecule has 0 heterocycles. The smallest absolute Gasteiger partial charge is 0.315 e. The highest BCUT2D eigenvalue weighted by Crippen LogP contribution is 2.16. The van der Waals surface area contributed by atoms with Gasteiger partial charge in [0.15, 0.2) is 0 Å². The summed E-state index contributed by atoms with van der Waals surface area (Å²) >= 11 is 0. The highest BCUT2D eigenvalue weighted by atomic mass is 16.2. The van der Waals surface area contributed by atoms with Crippen LogP contribution in [0.25, 0.3) is 0 Å². The lowest BCUT2D eigenvalue weighted by atomic mass is 9.96. The highest BCUT2D eigenvalue weighted by molar-refractivity contribution is 5.76. The number of likely N-dealkylation sites (N-methyl/N-ethyl adjacent to an activating group) is 1. The zero-order valence-corrected chi connectivity index (χ0v) is 12.5. The Morgan fingerprint density at radius 3 is 2.45 bits per heavy atom. The Kier molecular flexibility index (Phi) is 8.78. The SMILES string of the molecule is CNCCNC(=O)CCCNC(=O)NC1CCCCC1. The molecule has 1 rings (SSSR count). The van der Waals surface area contributed by atoms with Crippen molar-refractivity contribution in [3.05, 3.63) is 0 Å². The fourth-order valence-corrected chi connectivity index (χ4v) is 2.35. The van der Waals surface area contributed by atoms with Gasteiger partial charge in [-0.2, -0.15) is 0 Å². The highest BCUT2D eigenvalue weighted by Gasteiger charge is 2.15. The maximum Gasteiger partial charge on any atom is 0.315 e. The molecule has 1 aliphatic carbocycles. The number of carbonyl (C=O) groups is 2. The number of rotatable bonds is 8. The number of hydrogen-bond acceptors (Lipinski definition) is 3. The van der Waals surface area contributed by atoms with E-state index in [1.54, 1.807) is 0 Å². The van der Waals surface area contributed by atoms with Gasteiger partial charge < -0.3 is 21.3 Å². The van der Waals surface area contributed by atoms with E-state index in [4.69, 9.17) is 0 Å². The van der Waals surface area contributed by atoms with Crippen molar-refractivity contribution >= 4 is 11.9 Å². The average molecular weight is 284 g/mol. The van der Waals surface area contributed by atoms with E-state index >= 15 is 0 Å².